The minimum Gasteiger partial charge on any atom is -0.378 e. The van der Waals surface area contributed by atoms with E-state index in [1.165, 1.54) is 0 Å². The molecule has 0 aromatic heterocycles. The van der Waals surface area contributed by atoms with E-state index in [4.69, 9.17) is 4.74 Å². The zero-order valence-electron chi connectivity index (χ0n) is 8.51. The summed E-state index contributed by atoms with van der Waals surface area (Å²) >= 11 is 0. The fraction of sp³-hybridized carbons (Fsp3) is 0.900. The van der Waals surface area contributed by atoms with Crippen molar-refractivity contribution in [3.05, 3.63) is 0 Å². The van der Waals surface area contributed by atoms with E-state index in [1.54, 1.807) is 0 Å². The molecule has 1 saturated heterocycles. The fourth-order valence-electron chi connectivity index (χ4n) is 1.66. The second-order valence-electron chi connectivity index (χ2n) is 3.73. The Labute approximate surface area is 79.8 Å². The van der Waals surface area contributed by atoms with Crippen molar-refractivity contribution < 1.29 is 9.53 Å². The zero-order chi connectivity index (χ0) is 9.68. The van der Waals surface area contributed by atoms with E-state index in [0.717, 1.165) is 26.0 Å². The molecule has 1 aliphatic heterocycles. The van der Waals surface area contributed by atoms with Crippen LogP contribution in [0.25, 0.3) is 0 Å². The van der Waals surface area contributed by atoms with E-state index in [1.807, 2.05) is 6.92 Å². The molecule has 1 aliphatic rings. The number of ether oxygens (including phenoxy) is 1. The highest BCUT2D eigenvalue weighted by atomic mass is 16.5. The summed E-state index contributed by atoms with van der Waals surface area (Å²) in [6, 6.07) is 0. The number of carbonyl (C=O) groups excluding carboxylic acids is 1. The van der Waals surface area contributed by atoms with Gasteiger partial charge < -0.3 is 10.1 Å². The fourth-order valence-corrected chi connectivity index (χ4v) is 1.66. The van der Waals surface area contributed by atoms with Crippen LogP contribution >= 0.6 is 0 Å². The quantitative estimate of drug-likeness (QED) is 0.720. The van der Waals surface area contributed by atoms with E-state index >= 15 is 0 Å². The molecule has 2 atom stereocenters. The van der Waals surface area contributed by atoms with Crippen molar-refractivity contribution in [1.29, 1.82) is 0 Å². The number of nitrogens with one attached hydrogen (secondary N) is 1. The molecule has 2 unspecified atom stereocenters. The summed E-state index contributed by atoms with van der Waals surface area (Å²) in [5.74, 6) is 0.762. The van der Waals surface area contributed by atoms with E-state index in [0.29, 0.717) is 18.4 Å². The number of carbonyl (C=O) groups is 1. The number of hydrogen-bond acceptors (Lipinski definition) is 2. The van der Waals surface area contributed by atoms with E-state index in [2.05, 4.69) is 12.2 Å². The average molecular weight is 185 g/mol. The Morgan fingerprint density at radius 1 is 1.62 bits per heavy atom. The van der Waals surface area contributed by atoms with Gasteiger partial charge in [0.25, 0.3) is 0 Å². The largest absolute Gasteiger partial charge is 0.378 e. The maximum atomic E-state index is 11.0. The number of amides is 1. The summed E-state index contributed by atoms with van der Waals surface area (Å²) in [5, 5.41) is 2.93. The first-order valence-electron chi connectivity index (χ1n) is 5.10. The van der Waals surface area contributed by atoms with Crippen LogP contribution < -0.4 is 5.32 Å². The molecule has 0 aromatic rings. The number of hydrogen-bond donors (Lipinski definition) is 1. The van der Waals surface area contributed by atoms with Gasteiger partial charge in [0, 0.05) is 19.6 Å². The molecule has 3 nitrogen and oxygen atoms in total. The maximum absolute atomic E-state index is 11.0. The topological polar surface area (TPSA) is 38.3 Å². The van der Waals surface area contributed by atoms with Crippen LogP contribution in [0.1, 0.15) is 33.1 Å². The molecule has 0 aliphatic carbocycles. The second-order valence-corrected chi connectivity index (χ2v) is 3.73. The van der Waals surface area contributed by atoms with Gasteiger partial charge in [-0.15, -0.1) is 0 Å². The first kappa shape index (κ1) is 10.5. The lowest BCUT2D eigenvalue weighted by atomic mass is 9.96. The first-order chi connectivity index (χ1) is 6.22. The van der Waals surface area contributed by atoms with Gasteiger partial charge in [-0.05, 0) is 25.7 Å². The van der Waals surface area contributed by atoms with Gasteiger partial charge in [-0.1, -0.05) is 6.92 Å². The molecule has 0 spiro atoms. The molecule has 0 radical (unpaired) electrons. The predicted octanol–water partition coefficient (Wildman–Crippen LogP) is 1.33. The third kappa shape index (κ3) is 3.77. The predicted molar refractivity (Wildman–Crippen MR) is 51.4 cm³/mol. The molecular weight excluding hydrogens is 166 g/mol. The lowest BCUT2D eigenvalue weighted by Gasteiger charge is -2.27. The molecule has 0 saturated carbocycles. The molecule has 1 N–H and O–H groups in total. The van der Waals surface area contributed by atoms with Crippen LogP contribution in [-0.4, -0.2) is 25.2 Å². The zero-order valence-corrected chi connectivity index (χ0v) is 8.51. The van der Waals surface area contributed by atoms with Gasteiger partial charge in [-0.25, -0.2) is 0 Å². The lowest BCUT2D eigenvalue weighted by Crippen LogP contribution is -2.33. The van der Waals surface area contributed by atoms with Crippen LogP contribution in [0.5, 0.6) is 0 Å². The standard InChI is InChI=1S/C10H19NO2/c1-3-10(12)11-7-9-4-5-13-8(2)6-9/h8-9H,3-7H2,1-2H3,(H,11,12). The van der Waals surface area contributed by atoms with Crippen molar-refractivity contribution >= 4 is 5.91 Å². The maximum Gasteiger partial charge on any atom is 0.219 e. The van der Waals surface area contributed by atoms with E-state index in [9.17, 15) is 4.79 Å². The summed E-state index contributed by atoms with van der Waals surface area (Å²) in [5.41, 5.74) is 0. The van der Waals surface area contributed by atoms with Crippen molar-refractivity contribution in [2.24, 2.45) is 5.92 Å². The third-order valence-corrected chi connectivity index (χ3v) is 2.50. The van der Waals surface area contributed by atoms with Crippen LogP contribution in [0.2, 0.25) is 0 Å². The monoisotopic (exact) mass is 185 g/mol. The molecule has 1 rings (SSSR count). The summed E-state index contributed by atoms with van der Waals surface area (Å²) in [7, 11) is 0. The average Bonchev–Trinajstić information content (AvgIpc) is 2.14. The summed E-state index contributed by atoms with van der Waals surface area (Å²) in [6.07, 6.45) is 3.09. The minimum atomic E-state index is 0.152. The van der Waals surface area contributed by atoms with Crippen LogP contribution in [0, 0.1) is 5.92 Å². The summed E-state index contributed by atoms with van der Waals surface area (Å²) in [6.45, 7) is 5.63. The van der Waals surface area contributed by atoms with Crippen molar-refractivity contribution in [3.63, 3.8) is 0 Å². The lowest BCUT2D eigenvalue weighted by molar-refractivity contribution is -0.121. The molecule has 1 fully saturated rings. The Balaban J connectivity index is 2.17. The summed E-state index contributed by atoms with van der Waals surface area (Å²) < 4.78 is 5.43. The Morgan fingerprint density at radius 2 is 2.38 bits per heavy atom. The molecule has 76 valence electrons. The van der Waals surface area contributed by atoms with Crippen molar-refractivity contribution in [2.45, 2.75) is 39.2 Å². The molecular formula is C10H19NO2. The van der Waals surface area contributed by atoms with Gasteiger partial charge in [-0.3, -0.25) is 4.79 Å². The van der Waals surface area contributed by atoms with Crippen molar-refractivity contribution in [1.82, 2.24) is 5.32 Å². The minimum absolute atomic E-state index is 0.152. The molecule has 1 heterocycles. The van der Waals surface area contributed by atoms with Gasteiger partial charge in [0.05, 0.1) is 6.10 Å². The molecule has 3 heteroatoms. The Hall–Kier alpha value is -0.570. The van der Waals surface area contributed by atoms with Gasteiger partial charge in [0.2, 0.25) is 5.91 Å². The van der Waals surface area contributed by atoms with Crippen LogP contribution in [0.3, 0.4) is 0 Å². The third-order valence-electron chi connectivity index (χ3n) is 2.50. The Kier molecular flexibility index (Phi) is 4.22. The molecule has 0 bridgehead atoms. The van der Waals surface area contributed by atoms with Crippen LogP contribution in [0.15, 0.2) is 0 Å². The van der Waals surface area contributed by atoms with Crippen LogP contribution in [0.4, 0.5) is 0 Å². The van der Waals surface area contributed by atoms with E-state index in [-0.39, 0.29) is 5.91 Å². The van der Waals surface area contributed by atoms with E-state index < -0.39 is 0 Å². The smallest absolute Gasteiger partial charge is 0.219 e. The Bertz CT molecular complexity index is 170. The highest BCUT2D eigenvalue weighted by Gasteiger charge is 2.19. The van der Waals surface area contributed by atoms with Gasteiger partial charge in [0.15, 0.2) is 0 Å². The van der Waals surface area contributed by atoms with Crippen molar-refractivity contribution in [2.75, 3.05) is 13.2 Å². The SMILES string of the molecule is CCC(=O)NCC1CCOC(C)C1. The molecule has 13 heavy (non-hydrogen) atoms. The molecule has 1 amide bonds. The second kappa shape index (κ2) is 5.22. The summed E-state index contributed by atoms with van der Waals surface area (Å²) in [4.78, 5) is 11.0. The van der Waals surface area contributed by atoms with Gasteiger partial charge in [0.1, 0.15) is 0 Å². The normalized spacial score (nSPS) is 28.5. The first-order valence-corrected chi connectivity index (χ1v) is 5.10. The highest BCUT2D eigenvalue weighted by Crippen LogP contribution is 2.18. The van der Waals surface area contributed by atoms with Gasteiger partial charge in [-0.2, -0.15) is 0 Å². The highest BCUT2D eigenvalue weighted by molar-refractivity contribution is 5.75. The Morgan fingerprint density at radius 3 is 3.00 bits per heavy atom. The van der Waals surface area contributed by atoms with Crippen LogP contribution in [-0.2, 0) is 9.53 Å². The number of rotatable bonds is 3. The van der Waals surface area contributed by atoms with Gasteiger partial charge >= 0.3 is 0 Å². The molecule has 0 aromatic carbocycles. The van der Waals surface area contributed by atoms with Crippen molar-refractivity contribution in [3.8, 4) is 0 Å².